The highest BCUT2D eigenvalue weighted by atomic mass is 32.2. The van der Waals surface area contributed by atoms with Crippen molar-refractivity contribution >= 4 is 28.0 Å². The molecule has 0 aromatic heterocycles. The first-order chi connectivity index (χ1) is 7.22. The first kappa shape index (κ1) is 12.6. The molecule has 1 N–H and O–H groups in total. The Morgan fingerprint density at radius 2 is 1.81 bits per heavy atom. The van der Waals surface area contributed by atoms with Crippen LogP contribution in [0.5, 0.6) is 0 Å². The van der Waals surface area contributed by atoms with E-state index in [4.69, 9.17) is 4.55 Å². The van der Waals surface area contributed by atoms with Crippen molar-refractivity contribution in [3.8, 4) is 0 Å². The fourth-order valence-corrected chi connectivity index (χ4v) is 1.58. The summed E-state index contributed by atoms with van der Waals surface area (Å²) >= 11 is 0. The SMILES string of the molecule is CN1C(=O)CC(=O)N(CCS(=O)(=O)O)C1=O. The minimum atomic E-state index is -4.25. The van der Waals surface area contributed by atoms with Gasteiger partial charge in [0.05, 0.1) is 5.75 Å². The minimum absolute atomic E-state index is 0.464. The van der Waals surface area contributed by atoms with Crippen molar-refractivity contribution in [2.24, 2.45) is 0 Å². The number of imide groups is 2. The molecule has 0 bridgehead atoms. The molecule has 0 spiro atoms. The Hall–Kier alpha value is -1.48. The van der Waals surface area contributed by atoms with Gasteiger partial charge in [0.25, 0.3) is 10.1 Å². The van der Waals surface area contributed by atoms with Crippen LogP contribution in [0.25, 0.3) is 0 Å². The van der Waals surface area contributed by atoms with E-state index in [0.717, 1.165) is 4.90 Å². The first-order valence-electron chi connectivity index (χ1n) is 4.28. The van der Waals surface area contributed by atoms with Gasteiger partial charge in [-0.15, -0.1) is 0 Å². The predicted molar refractivity (Wildman–Crippen MR) is 50.9 cm³/mol. The van der Waals surface area contributed by atoms with E-state index in [2.05, 4.69) is 0 Å². The fraction of sp³-hybridized carbons (Fsp3) is 0.571. The third kappa shape index (κ3) is 2.76. The molecule has 1 rings (SSSR count). The van der Waals surface area contributed by atoms with Crippen LogP contribution < -0.4 is 0 Å². The van der Waals surface area contributed by atoms with Crippen LogP contribution in [0, 0.1) is 0 Å². The average Bonchev–Trinajstić information content (AvgIpc) is 2.12. The van der Waals surface area contributed by atoms with Crippen molar-refractivity contribution in [1.29, 1.82) is 0 Å². The second kappa shape index (κ2) is 4.18. The Morgan fingerprint density at radius 3 is 2.31 bits per heavy atom. The largest absolute Gasteiger partial charge is 0.333 e. The van der Waals surface area contributed by atoms with E-state index in [0.29, 0.717) is 4.90 Å². The number of nitrogens with zero attached hydrogens (tertiary/aromatic N) is 2. The molecule has 0 aromatic rings. The maximum absolute atomic E-state index is 11.4. The zero-order valence-electron chi connectivity index (χ0n) is 8.41. The highest BCUT2D eigenvalue weighted by Crippen LogP contribution is 2.10. The van der Waals surface area contributed by atoms with Crippen LogP contribution in [0.4, 0.5) is 4.79 Å². The molecule has 8 nitrogen and oxygen atoms in total. The Kier molecular flexibility index (Phi) is 3.29. The molecule has 1 saturated heterocycles. The van der Waals surface area contributed by atoms with Gasteiger partial charge in [-0.05, 0) is 0 Å². The summed E-state index contributed by atoms with van der Waals surface area (Å²) in [5.74, 6) is -2.15. The second-order valence-electron chi connectivity index (χ2n) is 3.24. The van der Waals surface area contributed by atoms with Crippen LogP contribution >= 0.6 is 0 Å². The van der Waals surface area contributed by atoms with Crippen molar-refractivity contribution in [2.75, 3.05) is 19.3 Å². The zero-order chi connectivity index (χ0) is 12.5. The lowest BCUT2D eigenvalue weighted by atomic mass is 10.2. The van der Waals surface area contributed by atoms with Gasteiger partial charge in [0.15, 0.2) is 0 Å². The number of barbiturate groups is 1. The normalized spacial score (nSPS) is 18.2. The van der Waals surface area contributed by atoms with Crippen molar-refractivity contribution < 1.29 is 27.4 Å². The van der Waals surface area contributed by atoms with Gasteiger partial charge in [-0.25, -0.2) is 4.79 Å². The van der Waals surface area contributed by atoms with E-state index in [1.807, 2.05) is 0 Å². The van der Waals surface area contributed by atoms with Crippen molar-refractivity contribution in [3.63, 3.8) is 0 Å². The lowest BCUT2D eigenvalue weighted by Gasteiger charge is -2.29. The zero-order valence-corrected chi connectivity index (χ0v) is 9.23. The molecule has 90 valence electrons. The molecule has 0 aliphatic carbocycles. The molecule has 4 amide bonds. The third-order valence-corrected chi connectivity index (χ3v) is 2.77. The summed E-state index contributed by atoms with van der Waals surface area (Å²) in [6.07, 6.45) is -0.478. The highest BCUT2D eigenvalue weighted by Gasteiger charge is 2.35. The summed E-state index contributed by atoms with van der Waals surface area (Å²) in [5.41, 5.74) is 0. The summed E-state index contributed by atoms with van der Waals surface area (Å²) < 4.78 is 29.4. The molecular weight excluding hydrogens is 240 g/mol. The Balaban J connectivity index is 2.76. The molecule has 0 aromatic carbocycles. The summed E-state index contributed by atoms with van der Waals surface area (Å²) in [6, 6.07) is -0.884. The van der Waals surface area contributed by atoms with Crippen LogP contribution in [0.1, 0.15) is 6.42 Å². The number of rotatable bonds is 3. The monoisotopic (exact) mass is 250 g/mol. The number of carbonyl (C=O) groups is 3. The summed E-state index contributed by atoms with van der Waals surface area (Å²) in [4.78, 5) is 35.1. The second-order valence-corrected chi connectivity index (χ2v) is 4.82. The van der Waals surface area contributed by atoms with Gasteiger partial charge in [0.1, 0.15) is 6.42 Å². The maximum Gasteiger partial charge on any atom is 0.333 e. The van der Waals surface area contributed by atoms with Gasteiger partial charge in [-0.1, -0.05) is 0 Å². The summed E-state index contributed by atoms with van der Waals surface area (Å²) in [6.45, 7) is -0.464. The maximum atomic E-state index is 11.4. The predicted octanol–water partition coefficient (Wildman–Crippen LogP) is -1.32. The van der Waals surface area contributed by atoms with Gasteiger partial charge in [-0.2, -0.15) is 8.42 Å². The van der Waals surface area contributed by atoms with Crippen LogP contribution in [0.15, 0.2) is 0 Å². The van der Waals surface area contributed by atoms with Crippen LogP contribution in [0.3, 0.4) is 0 Å². The molecule has 0 atom stereocenters. The Morgan fingerprint density at radius 1 is 1.25 bits per heavy atom. The number of urea groups is 1. The Labute approximate surface area is 91.6 Å². The van der Waals surface area contributed by atoms with E-state index in [1.54, 1.807) is 0 Å². The highest BCUT2D eigenvalue weighted by molar-refractivity contribution is 7.85. The first-order valence-corrected chi connectivity index (χ1v) is 5.89. The van der Waals surface area contributed by atoms with Crippen molar-refractivity contribution in [3.05, 3.63) is 0 Å². The van der Waals surface area contributed by atoms with E-state index >= 15 is 0 Å². The molecule has 16 heavy (non-hydrogen) atoms. The standard InChI is InChI=1S/C7H10N2O6S/c1-8-5(10)4-6(11)9(7(8)12)2-3-16(13,14)15/h2-4H2,1H3,(H,13,14,15). The lowest BCUT2D eigenvalue weighted by Crippen LogP contribution is -2.54. The quantitative estimate of drug-likeness (QED) is 0.491. The number of hydrogen-bond acceptors (Lipinski definition) is 5. The third-order valence-electron chi connectivity index (χ3n) is 2.07. The van der Waals surface area contributed by atoms with Gasteiger partial charge < -0.3 is 0 Å². The van der Waals surface area contributed by atoms with Gasteiger partial charge in [0, 0.05) is 13.6 Å². The number of amides is 4. The van der Waals surface area contributed by atoms with Crippen molar-refractivity contribution in [1.82, 2.24) is 9.80 Å². The molecule has 0 saturated carbocycles. The van der Waals surface area contributed by atoms with Gasteiger partial charge >= 0.3 is 6.03 Å². The number of carbonyl (C=O) groups excluding carboxylic acids is 3. The molecule has 1 aliphatic heterocycles. The summed E-state index contributed by atoms with van der Waals surface area (Å²) in [7, 11) is -3.06. The van der Waals surface area contributed by atoms with E-state index < -0.39 is 46.7 Å². The topological polar surface area (TPSA) is 112 Å². The summed E-state index contributed by atoms with van der Waals surface area (Å²) in [5, 5.41) is 0. The lowest BCUT2D eigenvalue weighted by molar-refractivity contribution is -0.141. The molecule has 0 unspecified atom stereocenters. The molecular formula is C7H10N2O6S. The van der Waals surface area contributed by atoms with Crippen LogP contribution in [-0.2, 0) is 19.7 Å². The molecule has 1 fully saturated rings. The molecule has 1 heterocycles. The average molecular weight is 250 g/mol. The van der Waals surface area contributed by atoms with Gasteiger partial charge in [-0.3, -0.25) is 23.9 Å². The molecule has 0 radical (unpaired) electrons. The van der Waals surface area contributed by atoms with Gasteiger partial charge in [0.2, 0.25) is 11.8 Å². The van der Waals surface area contributed by atoms with E-state index in [-0.39, 0.29) is 0 Å². The van der Waals surface area contributed by atoms with Crippen LogP contribution in [-0.4, -0.2) is 60.0 Å². The molecule has 1 aliphatic rings. The number of hydrogen-bond donors (Lipinski definition) is 1. The van der Waals surface area contributed by atoms with Crippen molar-refractivity contribution in [2.45, 2.75) is 6.42 Å². The minimum Gasteiger partial charge on any atom is -0.285 e. The van der Waals surface area contributed by atoms with E-state index in [1.165, 1.54) is 7.05 Å². The molecule has 9 heteroatoms. The Bertz CT molecular complexity index is 442. The fourth-order valence-electron chi connectivity index (χ4n) is 1.16. The van der Waals surface area contributed by atoms with Crippen LogP contribution in [0.2, 0.25) is 0 Å². The smallest absolute Gasteiger partial charge is 0.285 e. The van der Waals surface area contributed by atoms with E-state index in [9.17, 15) is 22.8 Å².